The average molecular weight is 353 g/mol. The number of nitrogens with one attached hydrogen (secondary N) is 1. The maximum absolute atomic E-state index is 12.5. The Morgan fingerprint density at radius 2 is 1.83 bits per heavy atom. The second-order valence-electron chi connectivity index (χ2n) is 5.48. The van der Waals surface area contributed by atoms with Gasteiger partial charge in [-0.25, -0.2) is 8.42 Å². The molecule has 0 aromatic heterocycles. The average Bonchev–Trinajstić information content (AvgIpc) is 3.09. The van der Waals surface area contributed by atoms with Crippen molar-refractivity contribution in [2.24, 2.45) is 4.99 Å². The standard InChI is InChI=1S/C15H19N3O3S2/c19-14(17-15-16-8-11-22-15)12-4-6-13(7-5-12)23(20,21)18-9-2-1-3-10-18/h4-7H,1-3,8-11H2,(H,16,17,19). The molecule has 1 saturated heterocycles. The van der Waals surface area contributed by atoms with Gasteiger partial charge < -0.3 is 5.32 Å². The van der Waals surface area contributed by atoms with E-state index in [0.29, 0.717) is 30.4 Å². The van der Waals surface area contributed by atoms with E-state index < -0.39 is 10.0 Å². The topological polar surface area (TPSA) is 78.8 Å². The van der Waals surface area contributed by atoms with Crippen LogP contribution in [0, 0.1) is 0 Å². The van der Waals surface area contributed by atoms with Gasteiger partial charge in [0.25, 0.3) is 5.91 Å². The molecule has 8 heteroatoms. The number of rotatable bonds is 3. The highest BCUT2D eigenvalue weighted by Gasteiger charge is 2.26. The summed E-state index contributed by atoms with van der Waals surface area (Å²) in [5.41, 5.74) is 0.429. The van der Waals surface area contributed by atoms with Gasteiger partial charge in [0.15, 0.2) is 5.17 Å². The third-order valence-corrected chi connectivity index (χ3v) is 6.68. The normalized spacial score (nSPS) is 19.4. The number of nitrogens with zero attached hydrogens (tertiary/aromatic N) is 2. The molecular weight excluding hydrogens is 334 g/mol. The van der Waals surface area contributed by atoms with Gasteiger partial charge in [0.2, 0.25) is 10.0 Å². The Hall–Kier alpha value is -1.38. The first-order valence-electron chi connectivity index (χ1n) is 7.66. The molecule has 2 aliphatic rings. The molecule has 23 heavy (non-hydrogen) atoms. The molecule has 0 atom stereocenters. The number of hydrogen-bond acceptors (Lipinski definition) is 5. The maximum atomic E-state index is 12.5. The Morgan fingerprint density at radius 3 is 2.43 bits per heavy atom. The first-order valence-corrected chi connectivity index (χ1v) is 10.1. The summed E-state index contributed by atoms with van der Waals surface area (Å²) in [4.78, 5) is 16.5. The highest BCUT2D eigenvalue weighted by molar-refractivity contribution is 8.14. The molecule has 1 fully saturated rings. The minimum Gasteiger partial charge on any atom is -0.301 e. The molecule has 0 saturated carbocycles. The number of piperidine rings is 1. The molecule has 6 nitrogen and oxygen atoms in total. The summed E-state index contributed by atoms with van der Waals surface area (Å²) < 4.78 is 26.6. The van der Waals surface area contributed by atoms with Crippen molar-refractivity contribution in [1.82, 2.24) is 9.62 Å². The largest absolute Gasteiger partial charge is 0.301 e. The van der Waals surface area contributed by atoms with Crippen molar-refractivity contribution in [2.75, 3.05) is 25.4 Å². The number of thioether (sulfide) groups is 1. The van der Waals surface area contributed by atoms with Crippen LogP contribution in [0.5, 0.6) is 0 Å². The highest BCUT2D eigenvalue weighted by Crippen LogP contribution is 2.21. The Labute approximate surface area is 140 Å². The number of benzene rings is 1. The van der Waals surface area contributed by atoms with Gasteiger partial charge in [0, 0.05) is 24.4 Å². The fraction of sp³-hybridized carbons (Fsp3) is 0.467. The second-order valence-corrected chi connectivity index (χ2v) is 8.50. The zero-order valence-corrected chi connectivity index (χ0v) is 14.3. The lowest BCUT2D eigenvalue weighted by atomic mass is 10.2. The molecule has 0 aliphatic carbocycles. The molecule has 1 aromatic rings. The number of carbonyl (C=O) groups excluding carboxylic acids is 1. The lowest BCUT2D eigenvalue weighted by Crippen LogP contribution is -2.35. The second kappa shape index (κ2) is 7.02. The Kier molecular flexibility index (Phi) is 5.03. The molecule has 3 rings (SSSR count). The van der Waals surface area contributed by atoms with Gasteiger partial charge in [0.1, 0.15) is 0 Å². The predicted molar refractivity (Wildman–Crippen MR) is 91.3 cm³/mol. The third-order valence-electron chi connectivity index (χ3n) is 3.88. The summed E-state index contributed by atoms with van der Waals surface area (Å²) >= 11 is 1.51. The predicted octanol–water partition coefficient (Wildman–Crippen LogP) is 1.69. The van der Waals surface area contributed by atoms with E-state index in [1.807, 2.05) is 0 Å². The Morgan fingerprint density at radius 1 is 1.13 bits per heavy atom. The molecule has 0 bridgehead atoms. The summed E-state index contributed by atoms with van der Waals surface area (Å²) in [6.45, 7) is 1.86. The number of amidine groups is 1. The van der Waals surface area contributed by atoms with Crippen LogP contribution in [0.15, 0.2) is 34.2 Å². The number of sulfonamides is 1. The van der Waals surface area contributed by atoms with Gasteiger partial charge in [-0.2, -0.15) is 4.31 Å². The Bertz CT molecular complexity index is 708. The van der Waals surface area contributed by atoms with Crippen molar-refractivity contribution in [3.8, 4) is 0 Å². The van der Waals surface area contributed by atoms with Crippen molar-refractivity contribution in [2.45, 2.75) is 24.2 Å². The summed E-state index contributed by atoms with van der Waals surface area (Å²) in [7, 11) is -3.45. The lowest BCUT2D eigenvalue weighted by molar-refractivity contribution is 0.0978. The molecule has 124 valence electrons. The third kappa shape index (κ3) is 3.76. The molecule has 0 spiro atoms. The summed E-state index contributed by atoms with van der Waals surface area (Å²) in [5.74, 6) is 0.614. The quantitative estimate of drug-likeness (QED) is 0.897. The van der Waals surface area contributed by atoms with Gasteiger partial charge in [0.05, 0.1) is 11.4 Å². The smallest absolute Gasteiger partial charge is 0.257 e. The zero-order valence-electron chi connectivity index (χ0n) is 12.7. The van der Waals surface area contributed by atoms with Crippen LogP contribution in [0.25, 0.3) is 0 Å². The Balaban J connectivity index is 1.72. The summed E-state index contributed by atoms with van der Waals surface area (Å²) in [6.07, 6.45) is 2.88. The van der Waals surface area contributed by atoms with Crippen molar-refractivity contribution in [3.05, 3.63) is 29.8 Å². The van der Waals surface area contributed by atoms with Crippen LogP contribution in [0.4, 0.5) is 0 Å². The van der Waals surface area contributed by atoms with Crippen molar-refractivity contribution in [1.29, 1.82) is 0 Å². The molecule has 1 aromatic carbocycles. The fourth-order valence-corrected chi connectivity index (χ4v) is 4.85. The van der Waals surface area contributed by atoms with E-state index in [9.17, 15) is 13.2 Å². The molecule has 2 aliphatic heterocycles. The van der Waals surface area contributed by atoms with Crippen molar-refractivity contribution < 1.29 is 13.2 Å². The van der Waals surface area contributed by atoms with Gasteiger partial charge in [-0.3, -0.25) is 9.79 Å². The van der Waals surface area contributed by atoms with E-state index in [-0.39, 0.29) is 10.8 Å². The minimum atomic E-state index is -3.45. The molecule has 0 radical (unpaired) electrons. The van der Waals surface area contributed by atoms with Crippen molar-refractivity contribution in [3.63, 3.8) is 0 Å². The monoisotopic (exact) mass is 353 g/mol. The van der Waals surface area contributed by atoms with E-state index in [4.69, 9.17) is 0 Å². The molecule has 1 N–H and O–H groups in total. The van der Waals surface area contributed by atoms with Crippen LogP contribution in [0.1, 0.15) is 29.6 Å². The SMILES string of the molecule is O=C(NC1=NCCS1)c1ccc(S(=O)(=O)N2CCCCC2)cc1. The first kappa shape index (κ1) is 16.5. The lowest BCUT2D eigenvalue weighted by Gasteiger charge is -2.25. The van der Waals surface area contributed by atoms with E-state index in [1.54, 1.807) is 12.1 Å². The van der Waals surface area contributed by atoms with Crippen LogP contribution in [-0.4, -0.2) is 49.2 Å². The van der Waals surface area contributed by atoms with Gasteiger partial charge >= 0.3 is 0 Å². The molecular formula is C15H19N3O3S2. The molecule has 1 amide bonds. The van der Waals surface area contributed by atoms with Crippen molar-refractivity contribution >= 4 is 32.9 Å². The highest BCUT2D eigenvalue weighted by atomic mass is 32.2. The van der Waals surface area contributed by atoms with Crippen LogP contribution >= 0.6 is 11.8 Å². The minimum absolute atomic E-state index is 0.239. The molecule has 2 heterocycles. The van der Waals surface area contributed by atoms with Crippen LogP contribution in [0.3, 0.4) is 0 Å². The number of carbonyl (C=O) groups is 1. The van der Waals surface area contributed by atoms with Gasteiger partial charge in [-0.05, 0) is 37.1 Å². The number of aliphatic imine (C=N–C) groups is 1. The van der Waals surface area contributed by atoms with Gasteiger partial charge in [-0.1, -0.05) is 18.2 Å². The van der Waals surface area contributed by atoms with Crippen LogP contribution in [-0.2, 0) is 10.0 Å². The fourth-order valence-electron chi connectivity index (χ4n) is 2.61. The van der Waals surface area contributed by atoms with Crippen LogP contribution in [0.2, 0.25) is 0 Å². The maximum Gasteiger partial charge on any atom is 0.257 e. The summed E-state index contributed by atoms with van der Waals surface area (Å²) in [6, 6.07) is 6.10. The molecule has 0 unspecified atom stereocenters. The zero-order chi connectivity index (χ0) is 16.3. The van der Waals surface area contributed by atoms with E-state index in [1.165, 1.54) is 28.2 Å². The van der Waals surface area contributed by atoms with E-state index in [0.717, 1.165) is 25.0 Å². The summed E-state index contributed by atoms with van der Waals surface area (Å²) in [5, 5.41) is 3.36. The van der Waals surface area contributed by atoms with E-state index >= 15 is 0 Å². The number of amides is 1. The first-order chi connectivity index (χ1) is 11.1. The number of hydrogen-bond donors (Lipinski definition) is 1. The van der Waals surface area contributed by atoms with E-state index in [2.05, 4.69) is 10.3 Å². The van der Waals surface area contributed by atoms with Gasteiger partial charge in [-0.15, -0.1) is 0 Å². The van der Waals surface area contributed by atoms with Crippen LogP contribution < -0.4 is 5.32 Å².